The van der Waals surface area contributed by atoms with Gasteiger partial charge in [-0.25, -0.2) is 0 Å². The highest BCUT2D eigenvalue weighted by Crippen LogP contribution is 2.39. The zero-order chi connectivity index (χ0) is 14.0. The average Bonchev–Trinajstić information content (AvgIpc) is 2.66. The number of likely N-dealkylation sites (tertiary alicyclic amines) is 2. The fraction of sp³-hybridized carbons (Fsp3) is 1.00. The maximum Gasteiger partial charge on any atom is 0.0179 e. The number of rotatable bonds is 4. The van der Waals surface area contributed by atoms with E-state index in [0.717, 1.165) is 17.8 Å². The third-order valence-corrected chi connectivity index (χ3v) is 6.22. The average molecular weight is 266 g/mol. The van der Waals surface area contributed by atoms with E-state index in [1.54, 1.807) is 0 Å². The van der Waals surface area contributed by atoms with Crippen molar-refractivity contribution in [2.24, 2.45) is 17.8 Å². The summed E-state index contributed by atoms with van der Waals surface area (Å²) in [6, 6.07) is 0. The van der Waals surface area contributed by atoms with Gasteiger partial charge < -0.3 is 9.80 Å². The third-order valence-electron chi connectivity index (χ3n) is 6.22. The van der Waals surface area contributed by atoms with Crippen molar-refractivity contribution in [1.29, 1.82) is 0 Å². The number of hydrogen-bond acceptors (Lipinski definition) is 2. The fourth-order valence-corrected chi connectivity index (χ4v) is 4.34. The van der Waals surface area contributed by atoms with E-state index in [2.05, 4.69) is 44.7 Å². The van der Waals surface area contributed by atoms with Crippen LogP contribution in [0.15, 0.2) is 0 Å². The van der Waals surface area contributed by atoms with Gasteiger partial charge in [0.25, 0.3) is 0 Å². The fourth-order valence-electron chi connectivity index (χ4n) is 4.34. The van der Waals surface area contributed by atoms with Gasteiger partial charge in [-0.2, -0.15) is 0 Å². The molecular formula is C17H34N2. The summed E-state index contributed by atoms with van der Waals surface area (Å²) in [4.78, 5) is 5.10. The molecule has 2 aliphatic rings. The molecule has 0 aromatic rings. The second-order valence-electron chi connectivity index (χ2n) is 7.65. The van der Waals surface area contributed by atoms with E-state index in [9.17, 15) is 0 Å². The third kappa shape index (κ3) is 3.52. The Morgan fingerprint density at radius 3 is 2.37 bits per heavy atom. The quantitative estimate of drug-likeness (QED) is 0.769. The van der Waals surface area contributed by atoms with E-state index in [0.29, 0.717) is 5.54 Å². The van der Waals surface area contributed by atoms with Crippen LogP contribution in [0.3, 0.4) is 0 Å². The molecule has 0 radical (unpaired) electrons. The van der Waals surface area contributed by atoms with Gasteiger partial charge in [-0.1, -0.05) is 13.8 Å². The van der Waals surface area contributed by atoms with Gasteiger partial charge in [-0.3, -0.25) is 0 Å². The second kappa shape index (κ2) is 6.13. The number of piperidine rings is 1. The summed E-state index contributed by atoms with van der Waals surface area (Å²) in [6.45, 7) is 11.3. The zero-order valence-corrected chi connectivity index (χ0v) is 13.8. The predicted molar refractivity (Wildman–Crippen MR) is 83.4 cm³/mol. The summed E-state index contributed by atoms with van der Waals surface area (Å²) in [5.41, 5.74) is 0.469. The summed E-state index contributed by atoms with van der Waals surface area (Å²) >= 11 is 0. The lowest BCUT2D eigenvalue weighted by atomic mass is 9.79. The minimum Gasteiger partial charge on any atom is -0.306 e. The van der Waals surface area contributed by atoms with Crippen molar-refractivity contribution in [3.63, 3.8) is 0 Å². The molecule has 19 heavy (non-hydrogen) atoms. The van der Waals surface area contributed by atoms with Crippen molar-refractivity contribution in [3.05, 3.63) is 0 Å². The molecule has 2 saturated heterocycles. The Bertz CT molecular complexity index is 283. The molecule has 0 amide bonds. The van der Waals surface area contributed by atoms with Crippen molar-refractivity contribution >= 4 is 0 Å². The molecule has 2 aliphatic heterocycles. The van der Waals surface area contributed by atoms with Gasteiger partial charge >= 0.3 is 0 Å². The van der Waals surface area contributed by atoms with Crippen LogP contribution in [-0.4, -0.2) is 49.1 Å². The van der Waals surface area contributed by atoms with Crippen LogP contribution in [-0.2, 0) is 0 Å². The largest absolute Gasteiger partial charge is 0.306 e. The molecule has 0 aromatic heterocycles. The Morgan fingerprint density at radius 1 is 1.21 bits per heavy atom. The molecular weight excluding hydrogens is 232 g/mol. The second-order valence-corrected chi connectivity index (χ2v) is 7.65. The first-order valence-corrected chi connectivity index (χ1v) is 8.34. The first-order valence-electron chi connectivity index (χ1n) is 8.34. The molecule has 2 heterocycles. The smallest absolute Gasteiger partial charge is 0.0179 e. The van der Waals surface area contributed by atoms with E-state index in [1.807, 2.05) is 0 Å². The Balaban J connectivity index is 1.82. The van der Waals surface area contributed by atoms with Gasteiger partial charge in [0.2, 0.25) is 0 Å². The van der Waals surface area contributed by atoms with E-state index >= 15 is 0 Å². The van der Waals surface area contributed by atoms with Crippen LogP contribution in [0.2, 0.25) is 0 Å². The molecule has 2 fully saturated rings. The molecule has 112 valence electrons. The summed E-state index contributed by atoms with van der Waals surface area (Å²) < 4.78 is 0. The normalized spacial score (nSPS) is 36.8. The molecule has 3 atom stereocenters. The molecule has 0 aromatic carbocycles. The SMILES string of the molecule is CCC1(C)CC(CC(C)C2CCN(C)CC2)CN1C. The lowest BCUT2D eigenvalue weighted by molar-refractivity contribution is 0.162. The van der Waals surface area contributed by atoms with Gasteiger partial charge in [0, 0.05) is 12.1 Å². The van der Waals surface area contributed by atoms with E-state index in [-0.39, 0.29) is 0 Å². The molecule has 2 heteroatoms. The Morgan fingerprint density at radius 2 is 1.84 bits per heavy atom. The maximum atomic E-state index is 2.61. The standard InChI is InChI=1S/C17H34N2/c1-6-17(3)12-15(13-19(17)5)11-14(2)16-7-9-18(4)10-8-16/h14-16H,6-13H2,1-5H3. The minimum absolute atomic E-state index is 0.469. The molecule has 0 saturated carbocycles. The highest BCUT2D eigenvalue weighted by Gasteiger charge is 2.39. The monoisotopic (exact) mass is 266 g/mol. The van der Waals surface area contributed by atoms with Gasteiger partial charge in [-0.15, -0.1) is 0 Å². The molecule has 0 spiro atoms. The summed E-state index contributed by atoms with van der Waals surface area (Å²) in [6.07, 6.45) is 7.00. The van der Waals surface area contributed by atoms with Crippen LogP contribution in [0.1, 0.15) is 52.9 Å². The Labute approximate surface area is 120 Å². The van der Waals surface area contributed by atoms with E-state index in [1.165, 1.54) is 51.7 Å². The molecule has 2 nitrogen and oxygen atoms in total. The van der Waals surface area contributed by atoms with Crippen molar-refractivity contribution in [1.82, 2.24) is 9.80 Å². The van der Waals surface area contributed by atoms with E-state index < -0.39 is 0 Å². The molecule has 3 unspecified atom stereocenters. The molecule has 0 aliphatic carbocycles. The zero-order valence-electron chi connectivity index (χ0n) is 13.8. The maximum absolute atomic E-state index is 2.61. The first kappa shape index (κ1) is 15.3. The van der Waals surface area contributed by atoms with Gasteiger partial charge in [0.1, 0.15) is 0 Å². The van der Waals surface area contributed by atoms with Crippen molar-refractivity contribution < 1.29 is 0 Å². The molecule has 2 rings (SSSR count). The van der Waals surface area contributed by atoms with Gasteiger partial charge in [-0.05, 0) is 84.0 Å². The highest BCUT2D eigenvalue weighted by atomic mass is 15.2. The van der Waals surface area contributed by atoms with E-state index in [4.69, 9.17) is 0 Å². The lowest BCUT2D eigenvalue weighted by Crippen LogP contribution is -2.37. The first-order chi connectivity index (χ1) is 8.94. The van der Waals surface area contributed by atoms with Crippen LogP contribution >= 0.6 is 0 Å². The van der Waals surface area contributed by atoms with Crippen molar-refractivity contribution in [2.45, 2.75) is 58.4 Å². The topological polar surface area (TPSA) is 6.48 Å². The Kier molecular flexibility index (Phi) is 4.94. The lowest BCUT2D eigenvalue weighted by Gasteiger charge is -2.33. The summed E-state index contributed by atoms with van der Waals surface area (Å²) in [7, 11) is 4.59. The van der Waals surface area contributed by atoms with Crippen LogP contribution in [0, 0.1) is 17.8 Å². The molecule has 0 N–H and O–H groups in total. The predicted octanol–water partition coefficient (Wildman–Crippen LogP) is 3.47. The highest BCUT2D eigenvalue weighted by molar-refractivity contribution is 4.94. The number of nitrogens with zero attached hydrogens (tertiary/aromatic N) is 2. The van der Waals surface area contributed by atoms with Crippen LogP contribution < -0.4 is 0 Å². The Hall–Kier alpha value is -0.0800. The molecule has 0 bridgehead atoms. The minimum atomic E-state index is 0.469. The van der Waals surface area contributed by atoms with Crippen LogP contribution in [0.4, 0.5) is 0 Å². The van der Waals surface area contributed by atoms with Gasteiger partial charge in [0.15, 0.2) is 0 Å². The number of hydrogen-bond donors (Lipinski definition) is 0. The van der Waals surface area contributed by atoms with Crippen LogP contribution in [0.25, 0.3) is 0 Å². The summed E-state index contributed by atoms with van der Waals surface area (Å²) in [5.74, 6) is 2.84. The van der Waals surface area contributed by atoms with Crippen molar-refractivity contribution in [2.75, 3.05) is 33.7 Å². The van der Waals surface area contributed by atoms with Crippen LogP contribution in [0.5, 0.6) is 0 Å². The summed E-state index contributed by atoms with van der Waals surface area (Å²) in [5, 5.41) is 0. The van der Waals surface area contributed by atoms with Crippen molar-refractivity contribution in [3.8, 4) is 0 Å². The van der Waals surface area contributed by atoms with Gasteiger partial charge in [0.05, 0.1) is 0 Å².